The number of likely N-dealkylation sites (tertiary alicyclic amines) is 2. The Labute approximate surface area is 162 Å². The monoisotopic (exact) mass is 372 g/mol. The first-order valence-electron chi connectivity index (χ1n) is 10.4. The first-order chi connectivity index (χ1) is 13.2. The predicted octanol–water partition coefficient (Wildman–Crippen LogP) is 2.80. The largest absolute Gasteiger partial charge is 0.493 e. The van der Waals surface area contributed by atoms with Gasteiger partial charge < -0.3 is 14.4 Å². The third-order valence-corrected chi connectivity index (χ3v) is 6.95. The van der Waals surface area contributed by atoms with Gasteiger partial charge in [0.15, 0.2) is 0 Å². The van der Waals surface area contributed by atoms with Crippen LogP contribution in [-0.4, -0.2) is 67.7 Å². The van der Waals surface area contributed by atoms with E-state index in [1.807, 2.05) is 35.2 Å². The minimum atomic E-state index is 0.213. The molecular weight excluding hydrogens is 340 g/mol. The van der Waals surface area contributed by atoms with Crippen LogP contribution in [-0.2, 0) is 9.53 Å². The first kappa shape index (κ1) is 18.8. The lowest BCUT2D eigenvalue weighted by atomic mass is 9.72. The predicted molar refractivity (Wildman–Crippen MR) is 105 cm³/mol. The van der Waals surface area contributed by atoms with Crippen molar-refractivity contribution in [2.75, 3.05) is 46.0 Å². The minimum absolute atomic E-state index is 0.213. The van der Waals surface area contributed by atoms with Crippen molar-refractivity contribution in [1.29, 1.82) is 0 Å². The summed E-state index contributed by atoms with van der Waals surface area (Å²) in [7, 11) is 0. The van der Waals surface area contributed by atoms with Gasteiger partial charge in [0.25, 0.3) is 0 Å². The number of hydrogen-bond acceptors (Lipinski definition) is 4. The van der Waals surface area contributed by atoms with Gasteiger partial charge in [-0.25, -0.2) is 0 Å². The van der Waals surface area contributed by atoms with Crippen molar-refractivity contribution in [2.45, 2.75) is 38.6 Å². The molecule has 3 heterocycles. The highest BCUT2D eigenvalue weighted by atomic mass is 16.5. The lowest BCUT2D eigenvalue weighted by molar-refractivity contribution is -0.130. The molecule has 0 saturated carbocycles. The molecule has 1 spiro atoms. The lowest BCUT2D eigenvalue weighted by Gasteiger charge is -2.39. The molecule has 0 aromatic heterocycles. The van der Waals surface area contributed by atoms with Crippen molar-refractivity contribution < 1.29 is 14.3 Å². The van der Waals surface area contributed by atoms with E-state index in [1.165, 1.54) is 0 Å². The Hall–Kier alpha value is -1.59. The van der Waals surface area contributed by atoms with Crippen LogP contribution in [0.25, 0.3) is 0 Å². The van der Waals surface area contributed by atoms with Gasteiger partial charge in [0, 0.05) is 58.3 Å². The van der Waals surface area contributed by atoms with Crippen molar-refractivity contribution in [3.63, 3.8) is 0 Å². The Morgan fingerprint density at radius 1 is 1.19 bits per heavy atom. The summed E-state index contributed by atoms with van der Waals surface area (Å²) >= 11 is 0. The molecule has 4 rings (SSSR count). The van der Waals surface area contributed by atoms with Crippen LogP contribution in [0.5, 0.6) is 5.75 Å². The van der Waals surface area contributed by atoms with Gasteiger partial charge in [0.05, 0.1) is 6.61 Å². The average Bonchev–Trinajstić information content (AvgIpc) is 3.05. The van der Waals surface area contributed by atoms with Crippen LogP contribution in [0.3, 0.4) is 0 Å². The van der Waals surface area contributed by atoms with E-state index < -0.39 is 0 Å². The number of rotatable bonds is 4. The standard InChI is InChI=1S/C22H32N2O3/c1-18(25)23-11-7-20(8-12-23)24-15-19(16-27-21-5-3-2-4-6-21)22(17-24)9-13-26-14-10-22/h2-6,19-20H,7-17H2,1H3. The molecule has 3 aliphatic heterocycles. The number of nitrogens with zero attached hydrogens (tertiary/aromatic N) is 2. The number of para-hydroxylation sites is 1. The first-order valence-corrected chi connectivity index (χ1v) is 10.4. The molecule has 1 unspecified atom stereocenters. The molecule has 148 valence electrons. The second-order valence-corrected chi connectivity index (χ2v) is 8.46. The van der Waals surface area contributed by atoms with E-state index in [4.69, 9.17) is 9.47 Å². The molecule has 5 heteroatoms. The number of hydrogen-bond donors (Lipinski definition) is 0. The minimum Gasteiger partial charge on any atom is -0.493 e. The number of amides is 1. The van der Waals surface area contributed by atoms with Crippen molar-refractivity contribution >= 4 is 5.91 Å². The van der Waals surface area contributed by atoms with Crippen LogP contribution in [0.15, 0.2) is 30.3 Å². The van der Waals surface area contributed by atoms with E-state index in [0.717, 1.165) is 77.4 Å². The second-order valence-electron chi connectivity index (χ2n) is 8.46. The Balaban J connectivity index is 1.41. The van der Waals surface area contributed by atoms with Crippen molar-refractivity contribution in [1.82, 2.24) is 9.80 Å². The zero-order valence-corrected chi connectivity index (χ0v) is 16.4. The molecule has 0 N–H and O–H groups in total. The average molecular weight is 373 g/mol. The fourth-order valence-corrected chi connectivity index (χ4v) is 5.19. The SMILES string of the molecule is CC(=O)N1CCC(N2CC(COc3ccccc3)C3(CCOCC3)C2)CC1. The third kappa shape index (κ3) is 4.14. The molecule has 1 aromatic carbocycles. The van der Waals surface area contributed by atoms with E-state index in [2.05, 4.69) is 4.90 Å². The Morgan fingerprint density at radius 2 is 1.89 bits per heavy atom. The topological polar surface area (TPSA) is 42.0 Å². The van der Waals surface area contributed by atoms with Gasteiger partial charge in [-0.2, -0.15) is 0 Å². The van der Waals surface area contributed by atoms with Crippen LogP contribution in [0.1, 0.15) is 32.6 Å². The van der Waals surface area contributed by atoms with Gasteiger partial charge in [0.1, 0.15) is 5.75 Å². The Kier molecular flexibility index (Phi) is 5.69. The summed E-state index contributed by atoms with van der Waals surface area (Å²) in [5.41, 5.74) is 0.324. The Morgan fingerprint density at radius 3 is 2.56 bits per heavy atom. The van der Waals surface area contributed by atoms with Crippen molar-refractivity contribution in [3.05, 3.63) is 30.3 Å². The molecule has 3 aliphatic rings. The summed E-state index contributed by atoms with van der Waals surface area (Å²) in [6.45, 7) is 8.28. The summed E-state index contributed by atoms with van der Waals surface area (Å²) < 4.78 is 11.9. The highest BCUT2D eigenvalue weighted by Gasteiger charge is 2.49. The third-order valence-electron chi connectivity index (χ3n) is 6.95. The van der Waals surface area contributed by atoms with Crippen LogP contribution in [0, 0.1) is 11.3 Å². The van der Waals surface area contributed by atoms with E-state index in [9.17, 15) is 4.79 Å². The highest BCUT2D eigenvalue weighted by Crippen LogP contribution is 2.45. The molecule has 1 amide bonds. The fourth-order valence-electron chi connectivity index (χ4n) is 5.19. The zero-order chi connectivity index (χ0) is 18.7. The summed E-state index contributed by atoms with van der Waals surface area (Å²) in [6.07, 6.45) is 4.47. The maximum Gasteiger partial charge on any atom is 0.219 e. The normalized spacial score (nSPS) is 26.4. The lowest BCUT2D eigenvalue weighted by Crippen LogP contribution is -2.46. The molecular formula is C22H32N2O3. The second kappa shape index (κ2) is 8.19. The number of piperidine rings is 1. The summed E-state index contributed by atoms with van der Waals surface area (Å²) in [4.78, 5) is 16.3. The maximum absolute atomic E-state index is 11.6. The molecule has 3 saturated heterocycles. The summed E-state index contributed by atoms with van der Waals surface area (Å²) in [5, 5.41) is 0. The summed E-state index contributed by atoms with van der Waals surface area (Å²) in [5.74, 6) is 1.73. The van der Waals surface area contributed by atoms with Crippen molar-refractivity contribution in [3.8, 4) is 5.75 Å². The van der Waals surface area contributed by atoms with Gasteiger partial charge in [0.2, 0.25) is 5.91 Å². The molecule has 1 aromatic rings. The maximum atomic E-state index is 11.6. The van der Waals surface area contributed by atoms with E-state index in [-0.39, 0.29) is 5.91 Å². The van der Waals surface area contributed by atoms with Gasteiger partial charge in [-0.15, -0.1) is 0 Å². The number of carbonyl (C=O) groups is 1. The van der Waals surface area contributed by atoms with E-state index in [1.54, 1.807) is 6.92 Å². The van der Waals surface area contributed by atoms with Crippen LogP contribution in [0.4, 0.5) is 0 Å². The van der Waals surface area contributed by atoms with Crippen LogP contribution < -0.4 is 4.74 Å². The molecule has 3 fully saturated rings. The quantitative estimate of drug-likeness (QED) is 0.815. The van der Waals surface area contributed by atoms with Gasteiger partial charge in [-0.05, 0) is 43.2 Å². The van der Waals surface area contributed by atoms with Gasteiger partial charge in [-0.3, -0.25) is 9.69 Å². The number of benzene rings is 1. The zero-order valence-electron chi connectivity index (χ0n) is 16.4. The number of carbonyl (C=O) groups excluding carboxylic acids is 1. The molecule has 27 heavy (non-hydrogen) atoms. The molecule has 1 atom stereocenters. The Bertz CT molecular complexity index is 622. The summed E-state index contributed by atoms with van der Waals surface area (Å²) in [6, 6.07) is 10.8. The molecule has 0 radical (unpaired) electrons. The molecule has 5 nitrogen and oxygen atoms in total. The number of ether oxygens (including phenoxy) is 2. The van der Waals surface area contributed by atoms with Gasteiger partial charge >= 0.3 is 0 Å². The smallest absolute Gasteiger partial charge is 0.219 e. The molecule has 0 bridgehead atoms. The van der Waals surface area contributed by atoms with E-state index in [0.29, 0.717) is 17.4 Å². The van der Waals surface area contributed by atoms with Crippen molar-refractivity contribution in [2.24, 2.45) is 11.3 Å². The van der Waals surface area contributed by atoms with Crippen LogP contribution in [0.2, 0.25) is 0 Å². The van der Waals surface area contributed by atoms with Gasteiger partial charge in [-0.1, -0.05) is 18.2 Å². The molecule has 0 aliphatic carbocycles. The van der Waals surface area contributed by atoms with Crippen LogP contribution >= 0.6 is 0 Å². The van der Waals surface area contributed by atoms with E-state index >= 15 is 0 Å². The highest BCUT2D eigenvalue weighted by molar-refractivity contribution is 5.73. The fraction of sp³-hybridized carbons (Fsp3) is 0.682.